The molecule has 5 heteroatoms. The van der Waals surface area contributed by atoms with E-state index in [0.717, 1.165) is 4.44 Å². The number of carboxylic acid groups (broad SMARTS) is 1. The van der Waals surface area contributed by atoms with Crippen LogP contribution in [-0.2, 0) is 4.79 Å². The molecule has 0 aromatic rings. The van der Waals surface area contributed by atoms with Gasteiger partial charge in [-0.2, -0.15) is 0 Å². The zero-order chi connectivity index (χ0) is 8.20. The van der Waals surface area contributed by atoms with Gasteiger partial charge in [-0.25, -0.2) is 0 Å². The summed E-state index contributed by atoms with van der Waals surface area (Å²) < 4.78 is 1.01. The molecule has 0 amide bonds. The molecule has 0 aliphatic carbocycles. The van der Waals surface area contributed by atoms with Crippen molar-refractivity contribution in [2.45, 2.75) is 19.3 Å². The Morgan fingerprint density at radius 3 is 2.08 bits per heavy atom. The van der Waals surface area contributed by atoms with Crippen LogP contribution in [0, 0.1) is 0 Å². The van der Waals surface area contributed by atoms with Gasteiger partial charge in [0.2, 0.25) is 0 Å². The third-order valence-electron chi connectivity index (χ3n) is 0.991. The fourth-order valence-electron chi connectivity index (χ4n) is 0.513. The first-order valence-electron chi connectivity index (χ1n) is 3.31. The Kier molecular flexibility index (Phi) is 13.3. The van der Waals surface area contributed by atoms with Gasteiger partial charge in [-0.1, -0.05) is 0 Å². The van der Waals surface area contributed by atoms with E-state index < -0.39 is 24.3 Å². The second-order valence-electron chi connectivity index (χ2n) is 3.51. The number of hydrogen-bond acceptors (Lipinski definition) is 1. The van der Waals surface area contributed by atoms with E-state index in [2.05, 4.69) is 14.8 Å². The van der Waals surface area contributed by atoms with E-state index in [-0.39, 0.29) is 35.0 Å². The minimum absolute atomic E-state index is 0. The number of rotatable bonds is 3. The molecule has 3 nitrogen and oxygen atoms in total. The van der Waals surface area contributed by atoms with Crippen molar-refractivity contribution < 1.29 is 15.4 Å². The first kappa shape index (κ1) is 18.7. The molecule has 0 bridgehead atoms. The average Bonchev–Trinajstić information content (AvgIpc) is 1.59. The van der Waals surface area contributed by atoms with Crippen molar-refractivity contribution in [1.82, 2.24) is 0 Å². The molecular formula is C7H17NaO3Sn. The Labute approximate surface area is 99.7 Å². The molecule has 0 spiro atoms. The van der Waals surface area contributed by atoms with Gasteiger partial charge in [-0.3, -0.25) is 0 Å². The van der Waals surface area contributed by atoms with Gasteiger partial charge in [0, 0.05) is 0 Å². The van der Waals surface area contributed by atoms with Crippen LogP contribution in [0.1, 0.15) is 0 Å². The summed E-state index contributed by atoms with van der Waals surface area (Å²) in [4.78, 5) is 16.9. The van der Waals surface area contributed by atoms with Crippen LogP contribution in [0.2, 0.25) is 19.3 Å². The van der Waals surface area contributed by atoms with E-state index in [1.807, 2.05) is 0 Å². The van der Waals surface area contributed by atoms with Crippen molar-refractivity contribution in [2.75, 3.05) is 0 Å². The van der Waals surface area contributed by atoms with Crippen LogP contribution < -0.4 is 0 Å². The molecule has 0 saturated carbocycles. The first-order chi connectivity index (χ1) is 4.42. The Morgan fingerprint density at radius 2 is 1.83 bits per heavy atom. The molecule has 0 aromatic heterocycles. The molecule has 0 aliphatic rings. The minimum atomic E-state index is -1.72. The van der Waals surface area contributed by atoms with Crippen LogP contribution in [0.5, 0.6) is 0 Å². The van der Waals surface area contributed by atoms with Gasteiger partial charge in [0.05, 0.1) is 0 Å². The van der Waals surface area contributed by atoms with E-state index in [1.54, 1.807) is 6.08 Å². The Morgan fingerprint density at radius 1 is 1.42 bits per heavy atom. The van der Waals surface area contributed by atoms with E-state index in [1.165, 1.54) is 6.08 Å². The van der Waals surface area contributed by atoms with Gasteiger partial charge in [0.15, 0.2) is 0 Å². The molecule has 0 atom stereocenters. The molecule has 0 radical (unpaired) electrons. The van der Waals surface area contributed by atoms with Gasteiger partial charge in [-0.05, 0) is 0 Å². The molecule has 0 rings (SSSR count). The zero-order valence-electron chi connectivity index (χ0n) is 7.22. The maximum atomic E-state index is 10.0. The first-order valence-corrected chi connectivity index (χ1v) is 13.9. The summed E-state index contributed by atoms with van der Waals surface area (Å²) in [6.45, 7) is 0. The zero-order valence-corrected chi connectivity index (χ0v) is 10.1. The van der Waals surface area contributed by atoms with E-state index in [4.69, 9.17) is 5.11 Å². The summed E-state index contributed by atoms with van der Waals surface area (Å²) in [5.41, 5.74) is 0. The third-order valence-corrected chi connectivity index (χ3v) is 5.16. The van der Waals surface area contributed by atoms with Gasteiger partial charge < -0.3 is 5.48 Å². The normalized spacial score (nSPS) is 10.2. The Balaban J connectivity index is -0.000000405. The summed E-state index contributed by atoms with van der Waals surface area (Å²) in [6.07, 6.45) is 3.01. The maximum absolute atomic E-state index is 10.0. The van der Waals surface area contributed by atoms with Gasteiger partial charge in [-0.15, -0.1) is 0 Å². The molecule has 0 heterocycles. The van der Waals surface area contributed by atoms with Crippen LogP contribution in [0.4, 0.5) is 0 Å². The fourth-order valence-corrected chi connectivity index (χ4v) is 2.87. The molecule has 68 valence electrons. The van der Waals surface area contributed by atoms with Crippen molar-refractivity contribution in [3.05, 3.63) is 12.2 Å². The average molecular weight is 291 g/mol. The van der Waals surface area contributed by atoms with Crippen LogP contribution in [0.15, 0.2) is 12.2 Å². The number of aliphatic carboxylic acids is 1. The van der Waals surface area contributed by atoms with Crippen molar-refractivity contribution >= 4 is 53.9 Å². The van der Waals surface area contributed by atoms with Crippen LogP contribution in [0.3, 0.4) is 0 Å². The van der Waals surface area contributed by atoms with Crippen LogP contribution >= 0.6 is 0 Å². The number of carbonyl (C=O) groups is 1. The predicted molar refractivity (Wildman–Crippen MR) is 55.7 cm³/mol. The molecule has 0 saturated heterocycles. The quantitative estimate of drug-likeness (QED) is 0.607. The van der Waals surface area contributed by atoms with Crippen molar-refractivity contribution in [2.24, 2.45) is 0 Å². The molecule has 3 N–H and O–H groups in total. The van der Waals surface area contributed by atoms with Crippen LogP contribution in [-0.4, -0.2) is 64.5 Å². The number of allylic oxidation sites excluding steroid dienone is 1. The van der Waals surface area contributed by atoms with Crippen molar-refractivity contribution in [3.63, 3.8) is 0 Å². The summed E-state index contributed by atoms with van der Waals surface area (Å²) in [7, 11) is 0. The van der Waals surface area contributed by atoms with Gasteiger partial charge >= 0.3 is 95.2 Å². The topological polar surface area (TPSA) is 68.8 Å². The second kappa shape index (κ2) is 8.56. The SMILES string of the molecule is O.[CH3][Sn]([CH3])([CH3])[CH2]/C=C/C(=O)O.[NaH]. The molecule has 0 aromatic carbocycles. The molecule has 0 unspecified atom stereocenters. The summed E-state index contributed by atoms with van der Waals surface area (Å²) in [5, 5.41) is 8.25. The van der Waals surface area contributed by atoms with Gasteiger partial charge in [0.25, 0.3) is 0 Å². The fraction of sp³-hybridized carbons (Fsp3) is 0.571. The van der Waals surface area contributed by atoms with Gasteiger partial charge in [0.1, 0.15) is 0 Å². The van der Waals surface area contributed by atoms with Crippen molar-refractivity contribution in [1.29, 1.82) is 0 Å². The second-order valence-corrected chi connectivity index (χ2v) is 19.3. The van der Waals surface area contributed by atoms with E-state index in [0.29, 0.717) is 0 Å². The van der Waals surface area contributed by atoms with E-state index >= 15 is 0 Å². The molecule has 0 aliphatic heterocycles. The summed E-state index contributed by atoms with van der Waals surface area (Å²) >= 11 is -1.72. The standard InChI is InChI=1S/C4H5O2.3CH3.Na.H2O.Sn.H/c1-2-3-4(5)6;;;;;;;/h2-3H,1H2,(H,5,6);3*1H3;;1H2;;/b3-2+;;;;;;;. The third kappa shape index (κ3) is 17.2. The molecular weight excluding hydrogens is 274 g/mol. The van der Waals surface area contributed by atoms with E-state index in [9.17, 15) is 4.79 Å². The number of carboxylic acids is 1. The summed E-state index contributed by atoms with van der Waals surface area (Å²) in [5.74, 6) is -0.837. The summed E-state index contributed by atoms with van der Waals surface area (Å²) in [6, 6.07) is 0. The monoisotopic (exact) mass is 292 g/mol. The Bertz CT molecular complexity index is 151. The Hall–Kier alpha value is 0.969. The van der Waals surface area contributed by atoms with Crippen molar-refractivity contribution in [3.8, 4) is 0 Å². The predicted octanol–water partition coefficient (Wildman–Crippen LogP) is 0.492. The molecule has 12 heavy (non-hydrogen) atoms. The number of hydrogen-bond donors (Lipinski definition) is 1. The molecule has 0 fully saturated rings. The van der Waals surface area contributed by atoms with Crippen LogP contribution in [0.25, 0.3) is 0 Å².